The lowest BCUT2D eigenvalue weighted by Gasteiger charge is -2.02. The number of thiophene rings is 1. The average molecular weight is 394 g/mol. The summed E-state index contributed by atoms with van der Waals surface area (Å²) in [6, 6.07) is 3.80. The van der Waals surface area contributed by atoms with Crippen LogP contribution in [0.3, 0.4) is 0 Å². The third-order valence-electron chi connectivity index (χ3n) is 3.33. The molecule has 0 radical (unpaired) electrons. The predicted octanol–water partition coefficient (Wildman–Crippen LogP) is 3.03. The zero-order valence-corrected chi connectivity index (χ0v) is 15.2. The van der Waals surface area contributed by atoms with E-state index < -0.39 is 0 Å². The van der Waals surface area contributed by atoms with Gasteiger partial charge in [-0.25, -0.2) is 4.98 Å². The van der Waals surface area contributed by atoms with Crippen molar-refractivity contribution in [2.45, 2.75) is 26.9 Å². The molecule has 0 aliphatic heterocycles. The molecule has 0 aliphatic carbocycles. The van der Waals surface area contributed by atoms with E-state index in [1.165, 1.54) is 11.3 Å². The van der Waals surface area contributed by atoms with Crippen LogP contribution < -0.4 is 5.32 Å². The molecule has 0 atom stereocenters. The second-order valence-electron chi connectivity index (χ2n) is 5.20. The molecular weight excluding hydrogens is 378 g/mol. The molecule has 3 rings (SSSR count). The number of rotatable bonds is 5. The fraction of sp³-hybridized carbons (Fsp3) is 0.267. The molecule has 0 aromatic carbocycles. The lowest BCUT2D eigenvalue weighted by atomic mass is 10.3. The van der Waals surface area contributed by atoms with E-state index in [1.54, 1.807) is 6.20 Å². The van der Waals surface area contributed by atoms with Crippen LogP contribution in [-0.2, 0) is 13.1 Å². The molecule has 3 aromatic rings. The van der Waals surface area contributed by atoms with Gasteiger partial charge >= 0.3 is 0 Å². The maximum Gasteiger partial charge on any atom is 0.261 e. The van der Waals surface area contributed by atoms with Gasteiger partial charge in [0.15, 0.2) is 0 Å². The number of aryl methyl sites for hydroxylation is 2. The summed E-state index contributed by atoms with van der Waals surface area (Å²) in [5.41, 5.74) is 1.85. The van der Waals surface area contributed by atoms with Gasteiger partial charge in [0.25, 0.3) is 5.91 Å². The van der Waals surface area contributed by atoms with Crippen LogP contribution in [0.4, 0.5) is 0 Å². The summed E-state index contributed by atoms with van der Waals surface area (Å²) in [6.45, 7) is 4.93. The zero-order valence-electron chi connectivity index (χ0n) is 12.8. The highest BCUT2D eigenvalue weighted by Crippen LogP contribution is 2.18. The number of amides is 1. The van der Waals surface area contributed by atoms with Crippen LogP contribution in [0, 0.1) is 13.8 Å². The van der Waals surface area contributed by atoms with Crippen molar-refractivity contribution in [2.24, 2.45) is 0 Å². The Morgan fingerprint density at radius 1 is 1.43 bits per heavy atom. The topological polar surface area (TPSA) is 75.6 Å². The summed E-state index contributed by atoms with van der Waals surface area (Å²) in [6.07, 6.45) is 3.65. The van der Waals surface area contributed by atoms with Gasteiger partial charge in [0.1, 0.15) is 5.82 Å². The first-order chi connectivity index (χ1) is 11.0. The quantitative estimate of drug-likeness (QED) is 0.699. The summed E-state index contributed by atoms with van der Waals surface area (Å²) < 4.78 is 2.77. The minimum absolute atomic E-state index is 0.0806. The van der Waals surface area contributed by atoms with Crippen LogP contribution in [0.2, 0.25) is 0 Å². The molecule has 0 unspecified atom stereocenters. The third-order valence-corrected chi connectivity index (χ3v) is 4.80. The summed E-state index contributed by atoms with van der Waals surface area (Å²) in [5, 5.41) is 7.13. The highest BCUT2D eigenvalue weighted by atomic mass is 79.9. The number of aromatic nitrogens is 4. The van der Waals surface area contributed by atoms with E-state index in [0.29, 0.717) is 18.0 Å². The fourth-order valence-electron chi connectivity index (χ4n) is 2.25. The molecule has 0 bridgehead atoms. The number of imidazole rings is 1. The summed E-state index contributed by atoms with van der Waals surface area (Å²) in [5.74, 6) is 0.776. The SMILES string of the molecule is Cc1nc(CNC(=O)c2ccc(Cn3cc(Br)cn3)s2)c(C)[nH]1. The van der Waals surface area contributed by atoms with Gasteiger partial charge in [0, 0.05) is 16.8 Å². The summed E-state index contributed by atoms with van der Waals surface area (Å²) in [7, 11) is 0. The minimum Gasteiger partial charge on any atom is -0.346 e. The van der Waals surface area contributed by atoms with Gasteiger partial charge in [0.2, 0.25) is 0 Å². The lowest BCUT2D eigenvalue weighted by Crippen LogP contribution is -2.22. The largest absolute Gasteiger partial charge is 0.346 e. The Bertz CT molecular complexity index is 835. The van der Waals surface area contributed by atoms with Crippen LogP contribution in [0.25, 0.3) is 0 Å². The summed E-state index contributed by atoms with van der Waals surface area (Å²) >= 11 is 4.84. The molecule has 120 valence electrons. The Morgan fingerprint density at radius 3 is 2.91 bits per heavy atom. The van der Waals surface area contributed by atoms with Crippen molar-refractivity contribution in [3.63, 3.8) is 0 Å². The Kier molecular flexibility index (Phi) is 4.63. The Morgan fingerprint density at radius 2 is 2.26 bits per heavy atom. The number of hydrogen-bond acceptors (Lipinski definition) is 4. The second-order valence-corrected chi connectivity index (χ2v) is 7.28. The number of H-pyrrole nitrogens is 1. The van der Waals surface area contributed by atoms with Gasteiger partial charge in [-0.3, -0.25) is 9.48 Å². The Labute approximate surface area is 146 Å². The predicted molar refractivity (Wildman–Crippen MR) is 92.6 cm³/mol. The molecular formula is C15H16BrN5OS. The van der Waals surface area contributed by atoms with Crippen molar-refractivity contribution in [1.82, 2.24) is 25.1 Å². The van der Waals surface area contributed by atoms with Gasteiger partial charge in [-0.2, -0.15) is 5.10 Å². The first-order valence-corrected chi connectivity index (χ1v) is 8.69. The number of nitrogens with zero attached hydrogens (tertiary/aromatic N) is 3. The standard InChI is InChI=1S/C15H16BrN5OS/c1-9-13(20-10(2)19-9)6-17-15(22)14-4-3-12(23-14)8-21-7-11(16)5-18-21/h3-5,7H,6,8H2,1-2H3,(H,17,22)(H,19,20). The fourth-order valence-corrected chi connectivity index (χ4v) is 3.49. The van der Waals surface area contributed by atoms with E-state index in [0.717, 1.165) is 26.6 Å². The van der Waals surface area contributed by atoms with E-state index in [2.05, 4.69) is 36.3 Å². The van der Waals surface area contributed by atoms with Crippen LogP contribution in [0.1, 0.15) is 31.8 Å². The normalized spacial score (nSPS) is 10.9. The molecule has 0 aliphatic rings. The van der Waals surface area contributed by atoms with Crippen molar-refractivity contribution in [1.29, 1.82) is 0 Å². The van der Waals surface area contributed by atoms with E-state index in [9.17, 15) is 4.79 Å². The van der Waals surface area contributed by atoms with Crippen LogP contribution in [-0.4, -0.2) is 25.7 Å². The van der Waals surface area contributed by atoms with E-state index in [-0.39, 0.29) is 5.91 Å². The van der Waals surface area contributed by atoms with Gasteiger partial charge < -0.3 is 10.3 Å². The van der Waals surface area contributed by atoms with Crippen LogP contribution in [0.5, 0.6) is 0 Å². The molecule has 23 heavy (non-hydrogen) atoms. The van der Waals surface area contributed by atoms with E-state index >= 15 is 0 Å². The van der Waals surface area contributed by atoms with E-state index in [1.807, 2.05) is 36.9 Å². The molecule has 3 heterocycles. The number of carbonyl (C=O) groups excluding carboxylic acids is 1. The van der Waals surface area contributed by atoms with Crippen LogP contribution >= 0.6 is 27.3 Å². The average Bonchev–Trinajstić information content (AvgIpc) is 3.19. The monoisotopic (exact) mass is 393 g/mol. The number of aromatic amines is 1. The van der Waals surface area contributed by atoms with E-state index in [4.69, 9.17) is 0 Å². The Hall–Kier alpha value is -1.93. The van der Waals surface area contributed by atoms with Crippen molar-refractivity contribution < 1.29 is 4.79 Å². The first-order valence-electron chi connectivity index (χ1n) is 7.08. The maximum absolute atomic E-state index is 12.2. The van der Waals surface area contributed by atoms with Crippen molar-refractivity contribution in [2.75, 3.05) is 0 Å². The molecule has 1 amide bonds. The minimum atomic E-state index is -0.0806. The van der Waals surface area contributed by atoms with Gasteiger partial charge in [-0.15, -0.1) is 11.3 Å². The molecule has 8 heteroatoms. The summed E-state index contributed by atoms with van der Waals surface area (Å²) in [4.78, 5) is 21.5. The smallest absolute Gasteiger partial charge is 0.261 e. The molecule has 0 saturated heterocycles. The van der Waals surface area contributed by atoms with Crippen molar-refractivity contribution in [3.8, 4) is 0 Å². The molecule has 0 spiro atoms. The first kappa shape index (κ1) is 15.9. The third kappa shape index (κ3) is 3.89. The number of hydrogen-bond donors (Lipinski definition) is 2. The number of halogens is 1. The lowest BCUT2D eigenvalue weighted by molar-refractivity contribution is 0.0954. The van der Waals surface area contributed by atoms with Crippen LogP contribution in [0.15, 0.2) is 29.0 Å². The highest BCUT2D eigenvalue weighted by Gasteiger charge is 2.11. The van der Waals surface area contributed by atoms with Crippen molar-refractivity contribution >= 4 is 33.2 Å². The number of carbonyl (C=O) groups is 1. The van der Waals surface area contributed by atoms with Crippen molar-refractivity contribution in [3.05, 3.63) is 56.0 Å². The molecule has 3 aromatic heterocycles. The number of nitrogens with one attached hydrogen (secondary N) is 2. The van der Waals surface area contributed by atoms with Gasteiger partial charge in [-0.1, -0.05) is 0 Å². The highest BCUT2D eigenvalue weighted by molar-refractivity contribution is 9.10. The maximum atomic E-state index is 12.2. The molecule has 0 saturated carbocycles. The zero-order chi connectivity index (χ0) is 16.4. The van der Waals surface area contributed by atoms with Gasteiger partial charge in [-0.05, 0) is 41.9 Å². The molecule has 6 nitrogen and oxygen atoms in total. The molecule has 2 N–H and O–H groups in total. The molecule has 0 fully saturated rings. The Balaban J connectivity index is 1.61. The van der Waals surface area contributed by atoms with Gasteiger partial charge in [0.05, 0.1) is 34.3 Å². The second kappa shape index (κ2) is 6.67.